The summed E-state index contributed by atoms with van der Waals surface area (Å²) in [5.74, 6) is 2.94. The van der Waals surface area contributed by atoms with Crippen molar-refractivity contribution >= 4 is 33.1 Å². The van der Waals surface area contributed by atoms with Crippen LogP contribution in [0.15, 0.2) is 36.4 Å². The minimum absolute atomic E-state index is 0.376. The Bertz CT molecular complexity index is 1630. The quantitative estimate of drug-likeness (QED) is 0.0759. The van der Waals surface area contributed by atoms with Gasteiger partial charge in [0.2, 0.25) is 0 Å². The summed E-state index contributed by atoms with van der Waals surface area (Å²) in [6, 6.07) is 13.9. The van der Waals surface area contributed by atoms with Gasteiger partial charge in [0.1, 0.15) is 13.2 Å². The summed E-state index contributed by atoms with van der Waals surface area (Å²) < 4.78 is 29.3. The van der Waals surface area contributed by atoms with Crippen molar-refractivity contribution < 1.29 is 18.9 Å². The molecule has 0 amide bonds. The first kappa shape index (κ1) is 39.7. The minimum atomic E-state index is -0.376. The highest BCUT2D eigenvalue weighted by atomic mass is 32.1. The zero-order valence-electron chi connectivity index (χ0n) is 33.0. The van der Waals surface area contributed by atoms with Crippen molar-refractivity contribution in [2.45, 2.75) is 132 Å². The lowest BCUT2D eigenvalue weighted by Crippen LogP contribution is -2.43. The van der Waals surface area contributed by atoms with E-state index in [9.17, 15) is 0 Å². The molecule has 1 aliphatic heterocycles. The number of hydrogen-bond acceptors (Lipinski definition) is 5. The molecule has 51 heavy (non-hydrogen) atoms. The largest absolute Gasteiger partial charge is 0.488 e. The topological polar surface area (TPSA) is 41.9 Å². The van der Waals surface area contributed by atoms with E-state index < -0.39 is 0 Å². The van der Waals surface area contributed by atoms with E-state index in [0.717, 1.165) is 53.9 Å². The standard InChI is InChI=1S/C45H67NO4S/c1-8-13-16-17-24-46-40-22-20-33(6)25-38(40)39-26-37(21-23-41(39)46)44-43-42(34(7)51-44)49-31-45(32-50-43,29-47-27-35(11-4)18-14-9-2)30-48-28-36(12-5)19-15-10-3/h20-23,25-26,35-36H,8-19,24,27-32H2,1-7H3. The van der Waals surface area contributed by atoms with Gasteiger partial charge in [-0.1, -0.05) is 110 Å². The summed E-state index contributed by atoms with van der Waals surface area (Å²) in [4.78, 5) is 2.30. The summed E-state index contributed by atoms with van der Waals surface area (Å²) >= 11 is 1.78. The number of unbranched alkanes of at least 4 members (excludes halogenated alkanes) is 5. The van der Waals surface area contributed by atoms with Crippen molar-refractivity contribution in [3.8, 4) is 21.9 Å². The van der Waals surface area contributed by atoms with Crippen molar-refractivity contribution in [3.05, 3.63) is 46.8 Å². The van der Waals surface area contributed by atoms with E-state index in [1.54, 1.807) is 11.3 Å². The number of aromatic nitrogens is 1. The fourth-order valence-corrected chi connectivity index (χ4v) is 8.71. The zero-order chi connectivity index (χ0) is 36.2. The molecule has 5 rings (SSSR count). The second-order valence-corrected chi connectivity index (χ2v) is 16.8. The van der Waals surface area contributed by atoms with Gasteiger partial charge in [0, 0.05) is 46.4 Å². The molecule has 0 radical (unpaired) electrons. The van der Waals surface area contributed by atoms with E-state index in [4.69, 9.17) is 18.9 Å². The zero-order valence-corrected chi connectivity index (χ0v) is 33.9. The second-order valence-electron chi connectivity index (χ2n) is 15.6. The molecule has 0 saturated heterocycles. The van der Waals surface area contributed by atoms with Crippen LogP contribution in [-0.4, -0.2) is 44.2 Å². The highest BCUT2D eigenvalue weighted by Gasteiger charge is 2.39. The molecule has 2 atom stereocenters. The third kappa shape index (κ3) is 9.91. The lowest BCUT2D eigenvalue weighted by Gasteiger charge is -2.32. The number of aryl methyl sites for hydroxylation is 3. The smallest absolute Gasteiger partial charge is 0.180 e. The molecule has 0 spiro atoms. The van der Waals surface area contributed by atoms with E-state index in [1.165, 1.54) is 97.1 Å². The Hall–Kier alpha value is -2.54. The molecule has 6 heteroatoms. The van der Waals surface area contributed by atoms with Crippen molar-refractivity contribution in [2.75, 3.05) is 39.6 Å². The van der Waals surface area contributed by atoms with Gasteiger partial charge in [-0.15, -0.1) is 11.3 Å². The van der Waals surface area contributed by atoms with Gasteiger partial charge in [-0.2, -0.15) is 0 Å². The monoisotopic (exact) mass is 717 g/mol. The van der Waals surface area contributed by atoms with E-state index in [1.807, 2.05) is 0 Å². The predicted molar refractivity (Wildman–Crippen MR) is 218 cm³/mol. The number of fused-ring (bicyclic) bond motifs is 4. The predicted octanol–water partition coefficient (Wildman–Crippen LogP) is 12.9. The Balaban J connectivity index is 1.41. The molecule has 3 heterocycles. The molecule has 4 aromatic rings. The average molecular weight is 718 g/mol. The molecule has 0 fully saturated rings. The van der Waals surface area contributed by atoms with Gasteiger partial charge in [0.05, 0.1) is 23.5 Å². The van der Waals surface area contributed by atoms with Gasteiger partial charge in [-0.25, -0.2) is 0 Å². The molecular formula is C45H67NO4S. The van der Waals surface area contributed by atoms with Gasteiger partial charge >= 0.3 is 0 Å². The average Bonchev–Trinajstić information content (AvgIpc) is 3.54. The van der Waals surface area contributed by atoms with Crippen molar-refractivity contribution in [3.63, 3.8) is 0 Å². The normalized spacial score (nSPS) is 17.3. The number of hydrogen-bond donors (Lipinski definition) is 0. The number of thiophene rings is 1. The Morgan fingerprint density at radius 2 is 1.29 bits per heavy atom. The summed E-state index contributed by atoms with van der Waals surface area (Å²) in [5.41, 5.74) is 4.75. The van der Waals surface area contributed by atoms with Gasteiger partial charge in [0.25, 0.3) is 0 Å². The lowest BCUT2D eigenvalue weighted by atomic mass is 9.91. The maximum absolute atomic E-state index is 6.89. The molecule has 0 N–H and O–H groups in total. The van der Waals surface area contributed by atoms with Crippen LogP contribution in [0.2, 0.25) is 0 Å². The van der Waals surface area contributed by atoms with Gasteiger partial charge < -0.3 is 23.5 Å². The molecule has 5 nitrogen and oxygen atoms in total. The molecule has 2 aromatic heterocycles. The number of benzene rings is 2. The van der Waals surface area contributed by atoms with Crippen molar-refractivity contribution in [1.29, 1.82) is 0 Å². The van der Waals surface area contributed by atoms with Crippen LogP contribution in [0.25, 0.3) is 32.2 Å². The first-order valence-corrected chi connectivity index (χ1v) is 21.3. The second kappa shape index (κ2) is 19.5. The fraction of sp³-hybridized carbons (Fsp3) is 0.644. The van der Waals surface area contributed by atoms with E-state index in [2.05, 4.69) is 89.4 Å². The maximum Gasteiger partial charge on any atom is 0.180 e. The van der Waals surface area contributed by atoms with Crippen LogP contribution in [0, 0.1) is 31.1 Å². The van der Waals surface area contributed by atoms with E-state index in [0.29, 0.717) is 38.3 Å². The van der Waals surface area contributed by atoms with Crippen LogP contribution in [0.4, 0.5) is 0 Å². The van der Waals surface area contributed by atoms with Crippen molar-refractivity contribution in [1.82, 2.24) is 4.57 Å². The maximum atomic E-state index is 6.89. The van der Waals surface area contributed by atoms with Crippen LogP contribution >= 0.6 is 11.3 Å². The summed E-state index contributed by atoms with van der Waals surface area (Å²) in [7, 11) is 0. The third-order valence-corrected chi connectivity index (χ3v) is 12.3. The molecule has 2 aromatic carbocycles. The van der Waals surface area contributed by atoms with Crippen LogP contribution < -0.4 is 9.47 Å². The Morgan fingerprint density at radius 1 is 0.706 bits per heavy atom. The highest BCUT2D eigenvalue weighted by Crippen LogP contribution is 2.50. The van der Waals surface area contributed by atoms with Crippen LogP contribution in [-0.2, 0) is 16.0 Å². The fourth-order valence-electron chi connectivity index (χ4n) is 7.67. The highest BCUT2D eigenvalue weighted by molar-refractivity contribution is 7.16. The lowest BCUT2D eigenvalue weighted by molar-refractivity contribution is -0.0715. The summed E-state index contributed by atoms with van der Waals surface area (Å²) in [5, 5.41) is 2.65. The molecule has 0 saturated carbocycles. The molecule has 0 bridgehead atoms. The first-order chi connectivity index (χ1) is 24.9. The van der Waals surface area contributed by atoms with Gasteiger partial charge in [0.15, 0.2) is 11.5 Å². The summed E-state index contributed by atoms with van der Waals surface area (Å²) in [6.07, 6.45) is 14.7. The number of ether oxygens (including phenoxy) is 4. The van der Waals surface area contributed by atoms with Crippen LogP contribution in [0.1, 0.15) is 122 Å². The Morgan fingerprint density at radius 3 is 1.90 bits per heavy atom. The van der Waals surface area contributed by atoms with Crippen LogP contribution in [0.3, 0.4) is 0 Å². The summed E-state index contributed by atoms with van der Waals surface area (Å²) in [6.45, 7) is 20.6. The molecule has 0 aliphatic carbocycles. The molecule has 2 unspecified atom stereocenters. The molecule has 1 aliphatic rings. The van der Waals surface area contributed by atoms with Gasteiger partial charge in [-0.05, 0) is 74.8 Å². The first-order valence-electron chi connectivity index (χ1n) is 20.4. The SMILES string of the molecule is CCCCCCn1c2ccc(C)cc2c2cc(-c3sc(C)c4c3OCC(COCC(CC)CCCC)(COCC(CC)CCCC)CO4)ccc21. The number of rotatable bonds is 22. The minimum Gasteiger partial charge on any atom is -0.488 e. The third-order valence-electron chi connectivity index (χ3n) is 11.2. The molecule has 282 valence electrons. The van der Waals surface area contributed by atoms with E-state index >= 15 is 0 Å². The van der Waals surface area contributed by atoms with E-state index in [-0.39, 0.29) is 5.41 Å². The Labute approximate surface area is 313 Å². The Kier molecular flexibility index (Phi) is 15.2. The van der Waals surface area contributed by atoms with Gasteiger partial charge in [-0.3, -0.25) is 0 Å². The molecular weight excluding hydrogens is 651 g/mol. The van der Waals surface area contributed by atoms with Crippen LogP contribution in [0.5, 0.6) is 11.5 Å². The number of nitrogens with zero attached hydrogens (tertiary/aromatic N) is 1. The van der Waals surface area contributed by atoms with Crippen molar-refractivity contribution in [2.24, 2.45) is 17.3 Å².